The van der Waals surface area contributed by atoms with Crippen molar-refractivity contribution >= 4 is 0 Å². The number of rotatable bonds is 4. The van der Waals surface area contributed by atoms with Crippen molar-refractivity contribution in [1.29, 1.82) is 15.8 Å². The van der Waals surface area contributed by atoms with Crippen molar-refractivity contribution in [2.24, 2.45) is 7.05 Å². The second-order valence-electron chi connectivity index (χ2n) is 6.90. The quantitative estimate of drug-likeness (QED) is 0.688. The summed E-state index contributed by atoms with van der Waals surface area (Å²) in [5, 5.41) is 28.5. The first-order chi connectivity index (χ1) is 13.4. The zero-order valence-corrected chi connectivity index (χ0v) is 15.6. The molecule has 0 amide bonds. The van der Waals surface area contributed by atoms with Crippen LogP contribution in [0.5, 0.6) is 0 Å². The average Bonchev–Trinajstić information content (AvgIpc) is 3.11. The number of hydrogen-bond donors (Lipinski definition) is 0. The lowest BCUT2D eigenvalue weighted by Crippen LogP contribution is -2.29. The molecule has 0 aliphatic carbocycles. The normalized spacial score (nSPS) is 12.4. The number of hydrogen-bond acceptors (Lipinski definition) is 3. The Morgan fingerprint density at radius 3 is 2.07 bits per heavy atom. The monoisotopic (exact) mass is 368 g/mol. The molecular weight excluding hydrogens is 351 g/mol. The van der Waals surface area contributed by atoms with Crippen LogP contribution in [0.15, 0.2) is 54.7 Å². The van der Waals surface area contributed by atoms with Crippen molar-refractivity contribution in [3.63, 3.8) is 0 Å². The lowest BCUT2D eigenvalue weighted by Gasteiger charge is -2.32. The van der Waals surface area contributed by atoms with Crippen LogP contribution < -0.4 is 0 Å². The van der Waals surface area contributed by atoms with Crippen molar-refractivity contribution in [3.8, 4) is 18.2 Å². The van der Waals surface area contributed by atoms with E-state index in [2.05, 4.69) is 6.07 Å². The minimum Gasteiger partial charge on any atom is -0.354 e. The van der Waals surface area contributed by atoms with Gasteiger partial charge < -0.3 is 4.57 Å². The van der Waals surface area contributed by atoms with Crippen LogP contribution in [0.25, 0.3) is 0 Å². The minimum atomic E-state index is -0.704. The number of nitrogens with zero attached hydrogens (tertiary/aromatic N) is 4. The molecule has 0 aliphatic heterocycles. The lowest BCUT2D eigenvalue weighted by molar-refractivity contribution is 0.543. The van der Waals surface area contributed by atoms with E-state index in [1.165, 1.54) is 18.2 Å². The van der Waals surface area contributed by atoms with E-state index in [9.17, 15) is 20.2 Å². The maximum Gasteiger partial charge on any atom is 0.123 e. The van der Waals surface area contributed by atoms with Crippen LogP contribution in [-0.2, 0) is 18.9 Å². The fourth-order valence-electron chi connectivity index (χ4n) is 3.55. The molecule has 136 valence electrons. The summed E-state index contributed by atoms with van der Waals surface area (Å²) in [6.07, 6.45) is 2.47. The summed E-state index contributed by atoms with van der Waals surface area (Å²) in [6, 6.07) is 19.4. The molecule has 0 spiro atoms. The van der Waals surface area contributed by atoms with Crippen molar-refractivity contribution in [2.75, 3.05) is 0 Å². The van der Waals surface area contributed by atoms with Crippen LogP contribution >= 0.6 is 0 Å². The maximum atomic E-state index is 13.5. The smallest absolute Gasteiger partial charge is 0.123 e. The third-order valence-corrected chi connectivity index (χ3v) is 5.18. The second kappa shape index (κ2) is 7.39. The molecule has 0 fully saturated rings. The molecular formula is C23H17FN4. The SMILES string of the molecule is Cn1cccc1CC(C)(c1ccc(F)cc1)c1cc(C#N)c(C#N)cc1C#N. The molecule has 2 aromatic carbocycles. The molecule has 5 heteroatoms. The Balaban J connectivity index is 2.30. The standard InChI is InChI=1S/C23H17FN4/c1-23(12-21-4-3-9-28(21)2,19-5-7-20(24)8-6-19)22-11-17(14-26)16(13-25)10-18(22)15-27/h3-11H,12H2,1-2H3. The van der Waals surface area contributed by atoms with E-state index in [-0.39, 0.29) is 16.9 Å². The number of benzene rings is 2. The van der Waals surface area contributed by atoms with Gasteiger partial charge in [0.05, 0.1) is 22.8 Å². The van der Waals surface area contributed by atoms with Gasteiger partial charge in [-0.3, -0.25) is 0 Å². The van der Waals surface area contributed by atoms with E-state index >= 15 is 0 Å². The summed E-state index contributed by atoms with van der Waals surface area (Å²) in [6.45, 7) is 1.97. The van der Waals surface area contributed by atoms with Gasteiger partial charge in [0.1, 0.15) is 18.0 Å². The summed E-state index contributed by atoms with van der Waals surface area (Å²) in [5.74, 6) is -0.344. The van der Waals surface area contributed by atoms with Gasteiger partial charge in [-0.05, 0) is 47.5 Å². The fourth-order valence-corrected chi connectivity index (χ4v) is 3.55. The van der Waals surface area contributed by atoms with Crippen molar-refractivity contribution in [2.45, 2.75) is 18.8 Å². The summed E-state index contributed by atoms with van der Waals surface area (Å²) >= 11 is 0. The van der Waals surface area contributed by atoms with Gasteiger partial charge in [0.15, 0.2) is 0 Å². The highest BCUT2D eigenvalue weighted by molar-refractivity contribution is 5.58. The molecule has 4 nitrogen and oxygen atoms in total. The minimum absolute atomic E-state index is 0.170. The van der Waals surface area contributed by atoms with Gasteiger partial charge in [-0.2, -0.15) is 15.8 Å². The zero-order chi connectivity index (χ0) is 20.3. The molecule has 0 aliphatic rings. The number of aromatic nitrogens is 1. The van der Waals surface area contributed by atoms with E-state index in [1.54, 1.807) is 18.2 Å². The Labute approximate surface area is 163 Å². The van der Waals surface area contributed by atoms with E-state index < -0.39 is 5.41 Å². The topological polar surface area (TPSA) is 76.3 Å². The summed E-state index contributed by atoms with van der Waals surface area (Å²) in [4.78, 5) is 0. The molecule has 1 aromatic heterocycles. The molecule has 1 atom stereocenters. The predicted octanol–water partition coefficient (Wildman–Crippen LogP) is 4.33. The molecule has 3 aromatic rings. The highest BCUT2D eigenvalue weighted by Gasteiger charge is 2.33. The van der Waals surface area contributed by atoms with Crippen LogP contribution in [0.4, 0.5) is 4.39 Å². The van der Waals surface area contributed by atoms with Gasteiger partial charge in [-0.15, -0.1) is 0 Å². The van der Waals surface area contributed by atoms with Gasteiger partial charge in [-0.1, -0.05) is 19.1 Å². The van der Waals surface area contributed by atoms with Gasteiger partial charge in [0.2, 0.25) is 0 Å². The van der Waals surface area contributed by atoms with Crippen LogP contribution in [0, 0.1) is 39.8 Å². The van der Waals surface area contributed by atoms with Crippen molar-refractivity contribution < 1.29 is 4.39 Å². The summed E-state index contributed by atoms with van der Waals surface area (Å²) in [5.41, 5.74) is 2.50. The molecule has 3 rings (SSSR count). The number of nitriles is 3. The number of aryl methyl sites for hydroxylation is 1. The van der Waals surface area contributed by atoms with Gasteiger partial charge >= 0.3 is 0 Å². The van der Waals surface area contributed by atoms with Crippen molar-refractivity contribution in [1.82, 2.24) is 4.57 Å². The van der Waals surface area contributed by atoms with Crippen LogP contribution in [0.3, 0.4) is 0 Å². The Morgan fingerprint density at radius 2 is 1.54 bits per heavy atom. The summed E-state index contributed by atoms with van der Waals surface area (Å²) < 4.78 is 15.5. The first-order valence-electron chi connectivity index (χ1n) is 8.68. The average molecular weight is 368 g/mol. The molecule has 0 radical (unpaired) electrons. The Kier molecular flexibility index (Phi) is 4.99. The van der Waals surface area contributed by atoms with Crippen LogP contribution in [-0.4, -0.2) is 4.57 Å². The van der Waals surface area contributed by atoms with E-state index in [4.69, 9.17) is 0 Å². The first-order valence-corrected chi connectivity index (χ1v) is 8.68. The molecule has 1 unspecified atom stereocenters. The number of halogens is 1. The first kappa shape index (κ1) is 18.9. The summed E-state index contributed by atoms with van der Waals surface area (Å²) in [7, 11) is 1.94. The van der Waals surface area contributed by atoms with Crippen molar-refractivity contribution in [3.05, 3.63) is 94.1 Å². The fraction of sp³-hybridized carbons (Fsp3) is 0.174. The highest BCUT2D eigenvalue weighted by Crippen LogP contribution is 2.38. The largest absolute Gasteiger partial charge is 0.354 e. The molecule has 1 heterocycles. The second-order valence-corrected chi connectivity index (χ2v) is 6.90. The van der Waals surface area contributed by atoms with Gasteiger partial charge in [-0.25, -0.2) is 4.39 Å². The predicted molar refractivity (Wildman–Crippen MR) is 103 cm³/mol. The van der Waals surface area contributed by atoms with Gasteiger partial charge in [0, 0.05) is 30.8 Å². The highest BCUT2D eigenvalue weighted by atomic mass is 19.1. The van der Waals surface area contributed by atoms with Crippen LogP contribution in [0.1, 0.15) is 40.4 Å². The molecule has 28 heavy (non-hydrogen) atoms. The van der Waals surface area contributed by atoms with E-state index in [0.717, 1.165) is 11.3 Å². The van der Waals surface area contributed by atoms with Crippen LogP contribution in [0.2, 0.25) is 0 Å². The molecule has 0 saturated heterocycles. The van der Waals surface area contributed by atoms with Gasteiger partial charge in [0.25, 0.3) is 0 Å². The molecule has 0 bridgehead atoms. The Bertz CT molecular complexity index is 1150. The lowest BCUT2D eigenvalue weighted by atomic mass is 9.70. The van der Waals surface area contributed by atoms with E-state index in [0.29, 0.717) is 17.5 Å². The third kappa shape index (κ3) is 3.25. The zero-order valence-electron chi connectivity index (χ0n) is 15.6. The molecule has 0 N–H and O–H groups in total. The third-order valence-electron chi connectivity index (χ3n) is 5.18. The molecule has 0 saturated carbocycles. The Hall–Kier alpha value is -3.88. The maximum absolute atomic E-state index is 13.5. The Morgan fingerprint density at radius 1 is 0.929 bits per heavy atom. The van der Waals surface area contributed by atoms with E-state index in [1.807, 2.05) is 49.0 Å².